The quantitative estimate of drug-likeness (QED) is 0.566. The number of rotatable bonds is 6. The summed E-state index contributed by atoms with van der Waals surface area (Å²) in [4.78, 5) is 11.2. The Morgan fingerprint density at radius 2 is 2.43 bits per heavy atom. The van der Waals surface area contributed by atoms with Gasteiger partial charge in [0.1, 0.15) is 0 Å². The molecule has 0 spiro atoms. The lowest BCUT2D eigenvalue weighted by molar-refractivity contribution is -0.121. The average molecular weight is 196 g/mol. The van der Waals surface area contributed by atoms with Crippen molar-refractivity contribution in [3.63, 3.8) is 0 Å². The zero-order valence-electron chi connectivity index (χ0n) is 8.12. The molecule has 0 aromatic carbocycles. The van der Waals surface area contributed by atoms with E-state index in [0.29, 0.717) is 19.5 Å². The van der Waals surface area contributed by atoms with E-state index in [1.165, 1.54) is 0 Å². The third-order valence-corrected chi connectivity index (χ3v) is 1.89. The van der Waals surface area contributed by atoms with E-state index in [0.717, 1.165) is 18.5 Å². The minimum absolute atomic E-state index is 0.0630. The van der Waals surface area contributed by atoms with Crippen molar-refractivity contribution in [3.05, 3.63) is 18.0 Å². The highest BCUT2D eigenvalue weighted by Crippen LogP contribution is 1.95. The van der Waals surface area contributed by atoms with Gasteiger partial charge in [0.15, 0.2) is 0 Å². The highest BCUT2D eigenvalue weighted by molar-refractivity contribution is 5.75. The minimum Gasteiger partial charge on any atom is -0.350 e. The van der Waals surface area contributed by atoms with Gasteiger partial charge in [0.2, 0.25) is 5.91 Å². The number of carbonyl (C=O) groups excluding carboxylic acids is 1. The Bertz CT molecular complexity index is 258. The molecule has 0 atom stereocenters. The van der Waals surface area contributed by atoms with Crippen LogP contribution in [0, 0.1) is 0 Å². The lowest BCUT2D eigenvalue weighted by Crippen LogP contribution is -2.22. The summed E-state index contributed by atoms with van der Waals surface area (Å²) >= 11 is 0. The van der Waals surface area contributed by atoms with E-state index < -0.39 is 0 Å². The van der Waals surface area contributed by atoms with E-state index in [2.05, 4.69) is 15.5 Å². The molecule has 0 saturated carbocycles. The van der Waals surface area contributed by atoms with E-state index in [1.54, 1.807) is 6.20 Å². The number of nitrogens with zero attached hydrogens (tertiary/aromatic N) is 1. The highest BCUT2D eigenvalue weighted by atomic mass is 16.1. The van der Waals surface area contributed by atoms with Crippen LogP contribution in [-0.2, 0) is 11.3 Å². The van der Waals surface area contributed by atoms with Crippen LogP contribution in [0.2, 0.25) is 0 Å². The van der Waals surface area contributed by atoms with Crippen LogP contribution < -0.4 is 11.1 Å². The van der Waals surface area contributed by atoms with Crippen LogP contribution in [0.1, 0.15) is 25.0 Å². The summed E-state index contributed by atoms with van der Waals surface area (Å²) in [5.41, 5.74) is 6.23. The third kappa shape index (κ3) is 4.04. The summed E-state index contributed by atoms with van der Waals surface area (Å²) in [6.07, 6.45) is 3.96. The number of aromatic nitrogens is 2. The van der Waals surface area contributed by atoms with Crippen LogP contribution in [0.15, 0.2) is 12.3 Å². The number of nitrogens with one attached hydrogen (secondary N) is 2. The Hall–Kier alpha value is -1.36. The maximum Gasteiger partial charge on any atom is 0.220 e. The molecule has 1 aromatic rings. The zero-order valence-corrected chi connectivity index (χ0v) is 8.12. The first-order valence-corrected chi connectivity index (χ1v) is 4.78. The Morgan fingerprint density at radius 3 is 3.07 bits per heavy atom. The van der Waals surface area contributed by atoms with Gasteiger partial charge in [-0.3, -0.25) is 9.89 Å². The van der Waals surface area contributed by atoms with Crippen LogP contribution in [0.25, 0.3) is 0 Å². The molecule has 0 aliphatic carbocycles. The summed E-state index contributed by atoms with van der Waals surface area (Å²) in [5.74, 6) is 0.0630. The summed E-state index contributed by atoms with van der Waals surface area (Å²) in [6.45, 7) is 1.16. The third-order valence-electron chi connectivity index (χ3n) is 1.89. The molecule has 14 heavy (non-hydrogen) atoms. The van der Waals surface area contributed by atoms with E-state index >= 15 is 0 Å². The predicted octanol–water partition coefficient (Wildman–Crippen LogP) is 0.155. The van der Waals surface area contributed by atoms with E-state index in [9.17, 15) is 4.79 Å². The van der Waals surface area contributed by atoms with Gasteiger partial charge < -0.3 is 11.1 Å². The number of hydrogen-bond donors (Lipinski definition) is 3. The fourth-order valence-electron chi connectivity index (χ4n) is 1.10. The van der Waals surface area contributed by atoms with Gasteiger partial charge in [0.05, 0.1) is 12.2 Å². The number of H-pyrrole nitrogens is 1. The van der Waals surface area contributed by atoms with Crippen LogP contribution in [0.5, 0.6) is 0 Å². The maximum atomic E-state index is 11.2. The Kier molecular flexibility index (Phi) is 4.71. The fraction of sp³-hybridized carbons (Fsp3) is 0.556. The smallest absolute Gasteiger partial charge is 0.220 e. The molecular weight excluding hydrogens is 180 g/mol. The average Bonchev–Trinajstić information content (AvgIpc) is 2.68. The van der Waals surface area contributed by atoms with Crippen LogP contribution in [0.3, 0.4) is 0 Å². The van der Waals surface area contributed by atoms with Gasteiger partial charge >= 0.3 is 0 Å². The molecule has 1 aromatic heterocycles. The second kappa shape index (κ2) is 6.15. The molecule has 4 N–H and O–H groups in total. The van der Waals surface area contributed by atoms with Crippen molar-refractivity contribution in [1.29, 1.82) is 0 Å². The van der Waals surface area contributed by atoms with Crippen molar-refractivity contribution in [3.8, 4) is 0 Å². The van der Waals surface area contributed by atoms with Crippen molar-refractivity contribution in [1.82, 2.24) is 15.5 Å². The van der Waals surface area contributed by atoms with Gasteiger partial charge in [-0.15, -0.1) is 0 Å². The summed E-state index contributed by atoms with van der Waals surface area (Å²) < 4.78 is 0. The molecule has 1 rings (SSSR count). The number of amides is 1. The van der Waals surface area contributed by atoms with Gasteiger partial charge in [-0.2, -0.15) is 5.10 Å². The van der Waals surface area contributed by atoms with Crippen molar-refractivity contribution >= 4 is 5.91 Å². The van der Waals surface area contributed by atoms with Crippen LogP contribution in [0.4, 0.5) is 0 Å². The van der Waals surface area contributed by atoms with Crippen LogP contribution in [-0.4, -0.2) is 22.6 Å². The molecule has 0 aliphatic rings. The summed E-state index contributed by atoms with van der Waals surface area (Å²) in [7, 11) is 0. The molecule has 5 heteroatoms. The molecular formula is C9H16N4O. The molecule has 0 aliphatic heterocycles. The number of carbonyl (C=O) groups is 1. The lowest BCUT2D eigenvalue weighted by Gasteiger charge is -2.02. The van der Waals surface area contributed by atoms with Gasteiger partial charge in [-0.05, 0) is 25.5 Å². The molecule has 0 radical (unpaired) electrons. The molecule has 0 fully saturated rings. The topological polar surface area (TPSA) is 83.8 Å². The second-order valence-electron chi connectivity index (χ2n) is 3.10. The molecule has 1 amide bonds. The Morgan fingerprint density at radius 1 is 1.57 bits per heavy atom. The van der Waals surface area contributed by atoms with Gasteiger partial charge in [-0.1, -0.05) is 0 Å². The largest absolute Gasteiger partial charge is 0.350 e. The van der Waals surface area contributed by atoms with Gasteiger partial charge in [-0.25, -0.2) is 0 Å². The summed E-state index contributed by atoms with van der Waals surface area (Å²) in [6, 6.07) is 1.83. The van der Waals surface area contributed by atoms with Crippen LogP contribution >= 0.6 is 0 Å². The molecule has 1 heterocycles. The monoisotopic (exact) mass is 196 g/mol. The number of unbranched alkanes of at least 4 members (excludes halogenated alkanes) is 1. The molecule has 5 nitrogen and oxygen atoms in total. The SMILES string of the molecule is NCCCCC(=O)NCc1ccn[nH]1. The number of aromatic amines is 1. The Labute approximate surface area is 83.1 Å². The highest BCUT2D eigenvalue weighted by Gasteiger charge is 2.00. The number of nitrogens with two attached hydrogens (primary N) is 1. The first-order valence-electron chi connectivity index (χ1n) is 4.78. The van der Waals surface area contributed by atoms with Gasteiger partial charge in [0.25, 0.3) is 0 Å². The maximum absolute atomic E-state index is 11.2. The van der Waals surface area contributed by atoms with E-state index in [-0.39, 0.29) is 5.91 Å². The van der Waals surface area contributed by atoms with E-state index in [4.69, 9.17) is 5.73 Å². The second-order valence-corrected chi connectivity index (χ2v) is 3.10. The van der Waals surface area contributed by atoms with Crippen molar-refractivity contribution in [2.45, 2.75) is 25.8 Å². The fourth-order valence-corrected chi connectivity index (χ4v) is 1.10. The van der Waals surface area contributed by atoms with Gasteiger partial charge in [0, 0.05) is 12.6 Å². The molecule has 0 unspecified atom stereocenters. The molecule has 78 valence electrons. The first kappa shape index (κ1) is 10.7. The molecule has 0 saturated heterocycles. The zero-order chi connectivity index (χ0) is 10.2. The van der Waals surface area contributed by atoms with E-state index in [1.807, 2.05) is 6.07 Å². The molecule has 0 bridgehead atoms. The van der Waals surface area contributed by atoms with Crippen molar-refractivity contribution in [2.75, 3.05) is 6.54 Å². The Balaban J connectivity index is 2.09. The predicted molar refractivity (Wildman–Crippen MR) is 53.3 cm³/mol. The normalized spacial score (nSPS) is 10.1. The minimum atomic E-state index is 0.0630. The first-order chi connectivity index (χ1) is 6.83. The summed E-state index contributed by atoms with van der Waals surface area (Å²) in [5, 5.41) is 9.35. The lowest BCUT2D eigenvalue weighted by atomic mass is 10.2. The van der Waals surface area contributed by atoms with Crippen molar-refractivity contribution in [2.24, 2.45) is 5.73 Å². The standard InChI is InChI=1S/C9H16N4O/c10-5-2-1-3-9(14)11-7-8-4-6-12-13-8/h4,6H,1-3,5,7,10H2,(H,11,14)(H,12,13). The van der Waals surface area contributed by atoms with Crippen molar-refractivity contribution < 1.29 is 4.79 Å². The number of hydrogen-bond acceptors (Lipinski definition) is 3.